The Balaban J connectivity index is 3.27. The van der Waals surface area contributed by atoms with Crippen molar-refractivity contribution in [3.05, 3.63) is 23.3 Å². The molecule has 1 rings (SSSR count). The number of phenols is 2. The summed E-state index contributed by atoms with van der Waals surface area (Å²) in [5.74, 6) is -2.02. The van der Waals surface area contributed by atoms with E-state index in [-0.39, 0.29) is 23.3 Å². The summed E-state index contributed by atoms with van der Waals surface area (Å²) >= 11 is 0. The largest absolute Gasteiger partial charge is 0.508 e. The van der Waals surface area contributed by atoms with Gasteiger partial charge in [0, 0.05) is 6.07 Å². The Bertz CT molecular complexity index is 384. The highest BCUT2D eigenvalue weighted by Crippen LogP contribution is 2.28. The van der Waals surface area contributed by atoms with Gasteiger partial charge in [0.1, 0.15) is 17.1 Å². The molecule has 0 aliphatic rings. The normalized spacial score (nSPS) is 12.4. The summed E-state index contributed by atoms with van der Waals surface area (Å²) in [5.41, 5.74) is -0.0799. The van der Waals surface area contributed by atoms with Crippen LogP contribution in [0.2, 0.25) is 0 Å². The number of phenolic OH excluding ortho intramolecular Hbond substituents is 1. The fourth-order valence-corrected chi connectivity index (χ4v) is 1.40. The van der Waals surface area contributed by atoms with E-state index in [0.717, 1.165) is 6.07 Å². The summed E-state index contributed by atoms with van der Waals surface area (Å²) in [4.78, 5) is 10.8. The summed E-state index contributed by atoms with van der Waals surface area (Å²) < 4.78 is 0. The molecule has 1 aromatic rings. The number of aliphatic hydroxyl groups excluding tert-OH is 1. The second-order valence-electron chi connectivity index (χ2n) is 3.36. The van der Waals surface area contributed by atoms with E-state index in [0.29, 0.717) is 0 Å². The van der Waals surface area contributed by atoms with Crippen molar-refractivity contribution in [1.29, 1.82) is 0 Å². The lowest BCUT2D eigenvalue weighted by molar-refractivity contribution is 0.0692. The van der Waals surface area contributed by atoms with E-state index < -0.39 is 17.8 Å². The topological polar surface area (TPSA) is 98.0 Å². The number of hydrogen-bond acceptors (Lipinski definition) is 4. The van der Waals surface area contributed by atoms with Crippen LogP contribution in [0.3, 0.4) is 0 Å². The fourth-order valence-electron chi connectivity index (χ4n) is 1.40. The molecule has 0 aromatic heterocycles. The van der Waals surface area contributed by atoms with Crippen LogP contribution in [-0.2, 0) is 6.42 Å². The number of aliphatic hydroxyl groups is 1. The second kappa shape index (κ2) is 4.18. The number of aromatic hydroxyl groups is 2. The lowest BCUT2D eigenvalue weighted by atomic mass is 10.0. The molecular weight excluding hydrogens is 200 g/mol. The average molecular weight is 212 g/mol. The van der Waals surface area contributed by atoms with E-state index in [1.165, 1.54) is 13.0 Å². The van der Waals surface area contributed by atoms with Crippen molar-refractivity contribution in [2.45, 2.75) is 19.4 Å². The number of rotatable bonds is 3. The predicted octanol–water partition coefficient (Wildman–Crippen LogP) is 0.719. The molecule has 0 heterocycles. The molecule has 0 aliphatic carbocycles. The van der Waals surface area contributed by atoms with Crippen molar-refractivity contribution in [2.75, 3.05) is 0 Å². The number of carboxylic acids is 1. The lowest BCUT2D eigenvalue weighted by Crippen LogP contribution is -2.10. The van der Waals surface area contributed by atoms with E-state index >= 15 is 0 Å². The monoisotopic (exact) mass is 212 g/mol. The van der Waals surface area contributed by atoms with Crippen LogP contribution in [0.25, 0.3) is 0 Å². The Labute approximate surface area is 86.2 Å². The van der Waals surface area contributed by atoms with Crippen LogP contribution >= 0.6 is 0 Å². The van der Waals surface area contributed by atoms with Gasteiger partial charge in [0.2, 0.25) is 0 Å². The molecule has 1 atom stereocenters. The van der Waals surface area contributed by atoms with Gasteiger partial charge in [-0.2, -0.15) is 0 Å². The van der Waals surface area contributed by atoms with Gasteiger partial charge in [-0.05, 0) is 25.0 Å². The van der Waals surface area contributed by atoms with Crippen molar-refractivity contribution in [2.24, 2.45) is 0 Å². The molecule has 1 aromatic carbocycles. The summed E-state index contributed by atoms with van der Waals surface area (Å²) in [6.45, 7) is 1.49. The minimum atomic E-state index is -1.29. The van der Waals surface area contributed by atoms with Crippen molar-refractivity contribution in [3.8, 4) is 11.5 Å². The number of benzene rings is 1. The van der Waals surface area contributed by atoms with Gasteiger partial charge in [0.25, 0.3) is 0 Å². The molecule has 82 valence electrons. The fraction of sp³-hybridized carbons (Fsp3) is 0.300. The van der Waals surface area contributed by atoms with E-state index in [1.54, 1.807) is 0 Å². The molecular formula is C10H12O5. The van der Waals surface area contributed by atoms with Gasteiger partial charge in [0.15, 0.2) is 0 Å². The highest BCUT2D eigenvalue weighted by Gasteiger charge is 2.17. The molecule has 0 radical (unpaired) electrons. The molecule has 5 nitrogen and oxygen atoms in total. The smallest absolute Gasteiger partial charge is 0.339 e. The molecule has 0 saturated heterocycles. The van der Waals surface area contributed by atoms with Crippen molar-refractivity contribution < 1.29 is 25.2 Å². The number of hydrogen-bond donors (Lipinski definition) is 4. The number of aromatic carboxylic acids is 1. The summed E-state index contributed by atoms with van der Waals surface area (Å²) in [6.07, 6.45) is -0.687. The highest BCUT2D eigenvalue weighted by molar-refractivity contribution is 5.92. The number of carboxylic acid groups (broad SMARTS) is 1. The Kier molecular flexibility index (Phi) is 3.16. The first-order valence-electron chi connectivity index (χ1n) is 4.38. The van der Waals surface area contributed by atoms with Crippen LogP contribution in [-0.4, -0.2) is 32.5 Å². The zero-order chi connectivity index (χ0) is 11.6. The van der Waals surface area contributed by atoms with Gasteiger partial charge in [-0.3, -0.25) is 0 Å². The molecule has 4 N–H and O–H groups in total. The van der Waals surface area contributed by atoms with Crippen LogP contribution in [0.4, 0.5) is 0 Å². The standard InChI is InChI=1S/C10H12O5/c1-5(11)2-6-3-7(12)4-8(13)9(6)10(14)15/h3-5,11-13H,2H2,1H3,(H,14,15). The molecule has 5 heteroatoms. The maximum absolute atomic E-state index is 10.8. The Morgan fingerprint density at radius 2 is 2.00 bits per heavy atom. The van der Waals surface area contributed by atoms with Crippen LogP contribution in [0.1, 0.15) is 22.8 Å². The van der Waals surface area contributed by atoms with Crippen LogP contribution in [0.5, 0.6) is 11.5 Å². The number of carbonyl (C=O) groups is 1. The molecule has 0 aliphatic heterocycles. The SMILES string of the molecule is CC(O)Cc1cc(O)cc(O)c1C(=O)O. The molecule has 0 amide bonds. The Morgan fingerprint density at radius 3 is 2.47 bits per heavy atom. The third-order valence-corrected chi connectivity index (χ3v) is 1.91. The van der Waals surface area contributed by atoms with E-state index in [4.69, 9.17) is 10.2 Å². The molecule has 0 fully saturated rings. The predicted molar refractivity (Wildman–Crippen MR) is 52.1 cm³/mol. The zero-order valence-corrected chi connectivity index (χ0v) is 8.14. The van der Waals surface area contributed by atoms with Gasteiger partial charge in [-0.25, -0.2) is 4.79 Å². The van der Waals surface area contributed by atoms with Crippen molar-refractivity contribution in [1.82, 2.24) is 0 Å². The van der Waals surface area contributed by atoms with Crippen LogP contribution < -0.4 is 0 Å². The first-order chi connectivity index (χ1) is 6.91. The molecule has 0 saturated carbocycles. The minimum absolute atomic E-state index is 0.0591. The van der Waals surface area contributed by atoms with E-state index in [2.05, 4.69) is 0 Å². The zero-order valence-electron chi connectivity index (χ0n) is 8.14. The average Bonchev–Trinajstić information content (AvgIpc) is 1.99. The van der Waals surface area contributed by atoms with Gasteiger partial charge in [-0.1, -0.05) is 0 Å². The first kappa shape index (κ1) is 11.3. The van der Waals surface area contributed by atoms with Gasteiger partial charge >= 0.3 is 5.97 Å². The lowest BCUT2D eigenvalue weighted by Gasteiger charge is -2.10. The Hall–Kier alpha value is -1.75. The van der Waals surface area contributed by atoms with Crippen molar-refractivity contribution in [3.63, 3.8) is 0 Å². The van der Waals surface area contributed by atoms with E-state index in [1.807, 2.05) is 0 Å². The summed E-state index contributed by atoms with van der Waals surface area (Å²) in [7, 11) is 0. The quantitative estimate of drug-likeness (QED) is 0.591. The third kappa shape index (κ3) is 2.60. The Morgan fingerprint density at radius 1 is 1.40 bits per heavy atom. The van der Waals surface area contributed by atoms with Gasteiger partial charge in [-0.15, -0.1) is 0 Å². The van der Waals surface area contributed by atoms with Gasteiger partial charge in [0.05, 0.1) is 6.10 Å². The molecule has 0 bridgehead atoms. The van der Waals surface area contributed by atoms with Gasteiger partial charge < -0.3 is 20.4 Å². The minimum Gasteiger partial charge on any atom is -0.508 e. The third-order valence-electron chi connectivity index (χ3n) is 1.91. The summed E-state index contributed by atoms with van der Waals surface area (Å²) in [6, 6.07) is 2.17. The highest BCUT2D eigenvalue weighted by atomic mass is 16.4. The second-order valence-corrected chi connectivity index (χ2v) is 3.36. The molecule has 0 spiro atoms. The van der Waals surface area contributed by atoms with E-state index in [9.17, 15) is 15.0 Å². The first-order valence-corrected chi connectivity index (χ1v) is 4.38. The van der Waals surface area contributed by atoms with Crippen LogP contribution in [0, 0.1) is 0 Å². The van der Waals surface area contributed by atoms with Crippen LogP contribution in [0.15, 0.2) is 12.1 Å². The summed E-state index contributed by atoms with van der Waals surface area (Å²) in [5, 5.41) is 36.5. The molecule has 1 unspecified atom stereocenters. The maximum atomic E-state index is 10.8. The molecule has 15 heavy (non-hydrogen) atoms. The van der Waals surface area contributed by atoms with Crippen molar-refractivity contribution >= 4 is 5.97 Å². The maximum Gasteiger partial charge on any atom is 0.339 e.